The van der Waals surface area contributed by atoms with Gasteiger partial charge < -0.3 is 29.5 Å². The Hall–Kier alpha value is -3.61. The lowest BCUT2D eigenvalue weighted by atomic mass is 10.1. The summed E-state index contributed by atoms with van der Waals surface area (Å²) >= 11 is 4.97. The molecule has 4 rings (SSSR count). The van der Waals surface area contributed by atoms with Crippen LogP contribution in [0.4, 0.5) is 4.79 Å². The first kappa shape index (κ1) is 29.0. The van der Waals surface area contributed by atoms with Crippen LogP contribution in [-0.4, -0.2) is 61.2 Å². The van der Waals surface area contributed by atoms with Crippen LogP contribution in [0.5, 0.6) is 0 Å². The fourth-order valence-electron chi connectivity index (χ4n) is 3.50. The standard InChI is InChI=1S/C18H20N2O7.C8H7ClO2/c21-9-13-15(23)16(24)17(27-13)20-7-6-12(19-18(20)25)8-14(22)26-10-11-4-2-1-3-5-11;9-8(10)11-6-7-4-2-1-3-5-7/h1-7,13,15-17,21,23-24H,8-10H2;1-5H,6H2. The van der Waals surface area contributed by atoms with Crippen molar-refractivity contribution in [2.24, 2.45) is 0 Å². The van der Waals surface area contributed by atoms with E-state index in [0.717, 1.165) is 15.7 Å². The van der Waals surface area contributed by atoms with Gasteiger partial charge in [-0.2, -0.15) is 4.98 Å². The maximum atomic E-state index is 12.2. The van der Waals surface area contributed by atoms with E-state index in [4.69, 9.17) is 26.2 Å². The van der Waals surface area contributed by atoms with Gasteiger partial charge in [-0.15, -0.1) is 0 Å². The highest BCUT2D eigenvalue weighted by Gasteiger charge is 2.43. The molecule has 1 fully saturated rings. The molecule has 1 aliphatic rings. The van der Waals surface area contributed by atoms with E-state index in [1.54, 1.807) is 0 Å². The molecule has 12 heteroatoms. The quantitative estimate of drug-likeness (QED) is 0.280. The smallest absolute Gasteiger partial charge is 0.404 e. The summed E-state index contributed by atoms with van der Waals surface area (Å²) in [4.78, 5) is 38.1. The van der Waals surface area contributed by atoms with Crippen molar-refractivity contribution in [2.45, 2.75) is 44.2 Å². The van der Waals surface area contributed by atoms with E-state index in [-0.39, 0.29) is 25.3 Å². The molecule has 3 N–H and O–H groups in total. The number of hydrogen-bond donors (Lipinski definition) is 3. The Morgan fingerprint density at radius 2 is 1.50 bits per heavy atom. The molecule has 1 aromatic heterocycles. The first-order valence-corrected chi connectivity index (χ1v) is 11.9. The van der Waals surface area contributed by atoms with E-state index in [0.29, 0.717) is 0 Å². The zero-order valence-corrected chi connectivity index (χ0v) is 20.9. The predicted molar refractivity (Wildman–Crippen MR) is 134 cm³/mol. The fourth-order valence-corrected chi connectivity index (χ4v) is 3.56. The largest absolute Gasteiger partial charge is 0.461 e. The Morgan fingerprint density at radius 3 is 2.00 bits per heavy atom. The van der Waals surface area contributed by atoms with Crippen molar-refractivity contribution in [3.63, 3.8) is 0 Å². The summed E-state index contributed by atoms with van der Waals surface area (Å²) in [5.41, 5.74) is 0.466. The van der Waals surface area contributed by atoms with Crippen LogP contribution < -0.4 is 5.69 Å². The van der Waals surface area contributed by atoms with Crippen molar-refractivity contribution in [1.29, 1.82) is 0 Å². The van der Waals surface area contributed by atoms with Crippen molar-refractivity contribution >= 4 is 23.0 Å². The van der Waals surface area contributed by atoms with Crippen molar-refractivity contribution in [1.82, 2.24) is 9.55 Å². The second-order valence-electron chi connectivity index (χ2n) is 8.17. The molecule has 0 bridgehead atoms. The number of benzene rings is 2. The third-order valence-electron chi connectivity index (χ3n) is 5.44. The van der Waals surface area contributed by atoms with Crippen LogP contribution in [0, 0.1) is 0 Å². The van der Waals surface area contributed by atoms with Crippen LogP contribution in [0.25, 0.3) is 0 Å². The van der Waals surface area contributed by atoms with Gasteiger partial charge in [0, 0.05) is 17.8 Å². The van der Waals surface area contributed by atoms with E-state index in [2.05, 4.69) is 9.72 Å². The molecule has 0 aliphatic carbocycles. The minimum atomic E-state index is -1.39. The molecule has 0 spiro atoms. The third kappa shape index (κ3) is 8.47. The zero-order valence-electron chi connectivity index (χ0n) is 20.1. The lowest BCUT2D eigenvalue weighted by molar-refractivity contribution is -0.144. The Morgan fingerprint density at radius 1 is 0.921 bits per heavy atom. The van der Waals surface area contributed by atoms with Gasteiger partial charge in [0.2, 0.25) is 0 Å². The van der Waals surface area contributed by atoms with Gasteiger partial charge in [0.25, 0.3) is 0 Å². The van der Waals surface area contributed by atoms with Crippen LogP contribution in [0.2, 0.25) is 0 Å². The topological polar surface area (TPSA) is 157 Å². The van der Waals surface area contributed by atoms with Crippen molar-refractivity contribution in [2.75, 3.05) is 6.61 Å². The number of carbonyl (C=O) groups is 2. The molecule has 0 radical (unpaired) electrons. The number of rotatable bonds is 8. The molecule has 1 saturated heterocycles. The SMILES string of the molecule is O=C(Cc1ccn(C2OC(CO)C(O)C2O)c(=O)n1)OCc1ccccc1.O=C(Cl)OCc1ccccc1. The van der Waals surface area contributed by atoms with Gasteiger partial charge in [0.05, 0.1) is 18.7 Å². The van der Waals surface area contributed by atoms with Gasteiger partial charge in [-0.25, -0.2) is 9.59 Å². The predicted octanol–water partition coefficient (Wildman–Crippen LogP) is 1.70. The zero-order chi connectivity index (χ0) is 27.5. The highest BCUT2D eigenvalue weighted by Crippen LogP contribution is 2.27. The molecule has 2 heterocycles. The summed E-state index contributed by atoms with van der Waals surface area (Å²) in [7, 11) is 0. The Labute approximate surface area is 222 Å². The van der Waals surface area contributed by atoms with E-state index >= 15 is 0 Å². The van der Waals surface area contributed by atoms with E-state index in [1.807, 2.05) is 60.7 Å². The minimum Gasteiger partial charge on any atom is -0.461 e. The summed E-state index contributed by atoms with van der Waals surface area (Å²) in [5.74, 6) is -0.531. The highest BCUT2D eigenvalue weighted by molar-refractivity contribution is 6.61. The molecular weight excluding hydrogens is 520 g/mol. The summed E-state index contributed by atoms with van der Waals surface area (Å²) < 4.78 is 16.0. The van der Waals surface area contributed by atoms with E-state index in [9.17, 15) is 24.6 Å². The second kappa shape index (κ2) is 14.4. The molecule has 2 aromatic carbocycles. The minimum absolute atomic E-state index is 0.124. The van der Waals surface area contributed by atoms with Gasteiger partial charge in [-0.1, -0.05) is 60.7 Å². The average molecular weight is 547 g/mol. The number of esters is 1. The van der Waals surface area contributed by atoms with Gasteiger partial charge >= 0.3 is 17.1 Å². The van der Waals surface area contributed by atoms with Crippen molar-refractivity contribution < 1.29 is 39.1 Å². The Bertz CT molecular complexity index is 1240. The molecule has 0 saturated carbocycles. The summed E-state index contributed by atoms with van der Waals surface area (Å²) in [6, 6.07) is 20.0. The third-order valence-corrected chi connectivity index (χ3v) is 5.55. The lowest BCUT2D eigenvalue weighted by Crippen LogP contribution is -2.36. The van der Waals surface area contributed by atoms with Crippen LogP contribution in [0.15, 0.2) is 77.7 Å². The first-order chi connectivity index (χ1) is 18.3. The van der Waals surface area contributed by atoms with E-state index in [1.165, 1.54) is 12.3 Å². The monoisotopic (exact) mass is 546 g/mol. The molecule has 202 valence electrons. The molecule has 4 unspecified atom stereocenters. The van der Waals surface area contributed by atoms with Crippen molar-refractivity contribution in [3.05, 3.63) is 100 Å². The number of ether oxygens (including phenoxy) is 3. The average Bonchev–Trinajstić information content (AvgIpc) is 3.21. The number of aliphatic hydroxyl groups is 3. The Kier molecular flexibility index (Phi) is 10.9. The number of halogens is 1. The highest BCUT2D eigenvalue weighted by atomic mass is 35.5. The molecule has 1 aliphatic heterocycles. The molecule has 4 atom stereocenters. The summed E-state index contributed by atoms with van der Waals surface area (Å²) in [6.07, 6.45) is -3.74. The first-order valence-electron chi connectivity index (χ1n) is 11.5. The molecule has 38 heavy (non-hydrogen) atoms. The summed E-state index contributed by atoms with van der Waals surface area (Å²) in [6.45, 7) is -0.134. The fraction of sp³-hybridized carbons (Fsp3) is 0.308. The number of aliphatic hydroxyl groups excluding tert-OH is 3. The molecule has 0 amide bonds. The number of hydrogen-bond acceptors (Lipinski definition) is 10. The lowest BCUT2D eigenvalue weighted by Gasteiger charge is -2.17. The Balaban J connectivity index is 0.000000304. The van der Waals surface area contributed by atoms with Crippen LogP contribution in [0.3, 0.4) is 0 Å². The maximum absolute atomic E-state index is 12.2. The number of carbonyl (C=O) groups excluding carboxylic acids is 2. The molecular formula is C26H27ClN2O9. The van der Waals surface area contributed by atoms with Crippen molar-refractivity contribution in [3.8, 4) is 0 Å². The number of aromatic nitrogens is 2. The van der Waals surface area contributed by atoms with Gasteiger partial charge in [0.1, 0.15) is 31.5 Å². The van der Waals surface area contributed by atoms with Gasteiger partial charge in [0.15, 0.2) is 6.23 Å². The van der Waals surface area contributed by atoms with Crippen LogP contribution >= 0.6 is 11.6 Å². The van der Waals surface area contributed by atoms with Crippen LogP contribution in [0.1, 0.15) is 23.0 Å². The number of nitrogens with zero attached hydrogens (tertiary/aromatic N) is 2. The normalized spacial score (nSPS) is 20.2. The summed E-state index contributed by atoms with van der Waals surface area (Å²) in [5, 5.41) is 28.9. The molecule has 11 nitrogen and oxygen atoms in total. The maximum Gasteiger partial charge on any atom is 0.404 e. The van der Waals surface area contributed by atoms with Gasteiger partial charge in [-0.05, 0) is 17.2 Å². The molecule has 3 aromatic rings. The van der Waals surface area contributed by atoms with Gasteiger partial charge in [-0.3, -0.25) is 9.36 Å². The van der Waals surface area contributed by atoms with E-state index < -0.39 is 48.2 Å². The second-order valence-corrected chi connectivity index (χ2v) is 8.48. The van der Waals surface area contributed by atoms with Crippen LogP contribution in [-0.2, 0) is 38.6 Å².